The fourth-order valence-electron chi connectivity index (χ4n) is 6.55. The molecule has 3 nitrogen and oxygen atoms in total. The zero-order valence-corrected chi connectivity index (χ0v) is 23.9. The van der Waals surface area contributed by atoms with Gasteiger partial charge in [0.15, 0.2) is 0 Å². The van der Waals surface area contributed by atoms with Crippen molar-refractivity contribution >= 4 is 43.6 Å². The van der Waals surface area contributed by atoms with Crippen LogP contribution < -0.4 is 0 Å². The lowest BCUT2D eigenvalue weighted by atomic mass is 10.1. The zero-order chi connectivity index (χ0) is 28.2. The lowest BCUT2D eigenvalue weighted by Gasteiger charge is -2.12. The predicted molar refractivity (Wildman–Crippen MR) is 177 cm³/mol. The van der Waals surface area contributed by atoms with Crippen molar-refractivity contribution in [3.63, 3.8) is 0 Å². The number of hydrogen-bond acceptors (Lipinski definition) is 1. The van der Waals surface area contributed by atoms with Gasteiger partial charge in [-0.3, -0.25) is 4.57 Å². The third kappa shape index (κ3) is 3.77. The molecule has 0 spiro atoms. The zero-order valence-electron chi connectivity index (χ0n) is 23.9. The minimum absolute atomic E-state index is 0.925. The molecule has 42 heavy (non-hydrogen) atoms. The average Bonchev–Trinajstić information content (AvgIpc) is 3.56. The first-order valence-electron chi connectivity index (χ1n) is 14.9. The Labute approximate surface area is 245 Å². The van der Waals surface area contributed by atoms with E-state index < -0.39 is 0 Å². The van der Waals surface area contributed by atoms with Gasteiger partial charge in [0, 0.05) is 32.8 Å². The van der Waals surface area contributed by atoms with Crippen molar-refractivity contribution in [2.45, 2.75) is 26.7 Å². The van der Waals surface area contributed by atoms with E-state index in [2.05, 4.69) is 144 Å². The summed E-state index contributed by atoms with van der Waals surface area (Å²) in [6, 6.07) is 46.1. The summed E-state index contributed by atoms with van der Waals surface area (Å²) in [5.74, 6) is 0.925. The van der Waals surface area contributed by atoms with Crippen LogP contribution in [0.5, 0.6) is 0 Å². The Bertz CT molecular complexity index is 2250. The van der Waals surface area contributed by atoms with E-state index >= 15 is 0 Å². The summed E-state index contributed by atoms with van der Waals surface area (Å²) in [6.45, 7) is 4.48. The molecule has 8 aromatic rings. The van der Waals surface area contributed by atoms with Crippen LogP contribution in [0.3, 0.4) is 0 Å². The molecule has 0 aliphatic rings. The van der Waals surface area contributed by atoms with Gasteiger partial charge in [-0.25, -0.2) is 4.98 Å². The first-order valence-corrected chi connectivity index (χ1v) is 14.9. The summed E-state index contributed by atoms with van der Waals surface area (Å²) in [6.07, 6.45) is 2.04. The highest BCUT2D eigenvalue weighted by Crippen LogP contribution is 2.39. The maximum atomic E-state index is 5.18. The Kier molecular flexibility index (Phi) is 5.71. The second kappa shape index (κ2) is 9.74. The van der Waals surface area contributed by atoms with Crippen LogP contribution in [0.4, 0.5) is 0 Å². The quantitative estimate of drug-likeness (QED) is 0.213. The molecule has 0 aliphatic heterocycles. The Morgan fingerprint density at radius 3 is 1.69 bits per heavy atom. The number of aryl methyl sites for hydroxylation is 2. The molecule has 3 heteroatoms. The topological polar surface area (TPSA) is 22.8 Å². The second-order valence-electron chi connectivity index (χ2n) is 11.1. The number of fused-ring (bicyclic) bond motifs is 6. The highest BCUT2D eigenvalue weighted by Gasteiger charge is 2.19. The molecule has 0 saturated carbocycles. The van der Waals surface area contributed by atoms with E-state index in [0.29, 0.717) is 0 Å². The average molecular weight is 542 g/mol. The van der Waals surface area contributed by atoms with Crippen molar-refractivity contribution in [2.24, 2.45) is 0 Å². The van der Waals surface area contributed by atoms with E-state index in [1.165, 1.54) is 54.9 Å². The van der Waals surface area contributed by atoms with E-state index in [-0.39, 0.29) is 0 Å². The monoisotopic (exact) mass is 541 g/mol. The van der Waals surface area contributed by atoms with E-state index in [0.717, 1.165) is 35.4 Å². The number of benzene rings is 5. The van der Waals surface area contributed by atoms with Gasteiger partial charge in [-0.05, 0) is 72.5 Å². The summed E-state index contributed by atoms with van der Waals surface area (Å²) in [5.41, 5.74) is 10.9. The molecule has 0 amide bonds. The lowest BCUT2D eigenvalue weighted by Crippen LogP contribution is -1.99. The third-order valence-electron chi connectivity index (χ3n) is 8.61. The predicted octanol–water partition coefficient (Wildman–Crippen LogP) is 10.1. The third-order valence-corrected chi connectivity index (χ3v) is 8.61. The SMILES string of the molecule is CCc1cc(CC)cc(-n2c3ccccc3c3cc4c(cc32)c2ccccc2n4-c2cccc(-c3ccccc3)n2)c1. The molecule has 0 aliphatic carbocycles. The van der Waals surface area contributed by atoms with Crippen molar-refractivity contribution in [1.29, 1.82) is 0 Å². The Balaban J connectivity index is 1.47. The van der Waals surface area contributed by atoms with Gasteiger partial charge in [0.1, 0.15) is 5.82 Å². The van der Waals surface area contributed by atoms with Crippen LogP contribution in [0.25, 0.3) is 66.4 Å². The van der Waals surface area contributed by atoms with E-state index in [9.17, 15) is 0 Å². The van der Waals surface area contributed by atoms with Crippen molar-refractivity contribution < 1.29 is 0 Å². The molecule has 0 N–H and O–H groups in total. The molecular formula is C39H31N3. The fourth-order valence-corrected chi connectivity index (χ4v) is 6.55. The Hall–Kier alpha value is -5.15. The van der Waals surface area contributed by atoms with Gasteiger partial charge < -0.3 is 4.57 Å². The lowest BCUT2D eigenvalue weighted by molar-refractivity contribution is 1.06. The van der Waals surface area contributed by atoms with Crippen LogP contribution in [-0.4, -0.2) is 14.1 Å². The molecule has 3 aromatic heterocycles. The van der Waals surface area contributed by atoms with Gasteiger partial charge in [-0.1, -0.05) is 92.7 Å². The minimum Gasteiger partial charge on any atom is -0.309 e. The Morgan fingerprint density at radius 1 is 0.476 bits per heavy atom. The maximum absolute atomic E-state index is 5.18. The van der Waals surface area contributed by atoms with Crippen LogP contribution in [0.15, 0.2) is 127 Å². The summed E-state index contributed by atoms with van der Waals surface area (Å²) in [4.78, 5) is 5.18. The number of pyridine rings is 1. The molecule has 3 heterocycles. The molecule has 8 rings (SSSR count). The van der Waals surface area contributed by atoms with E-state index in [4.69, 9.17) is 4.98 Å². The molecule has 202 valence electrons. The van der Waals surface area contributed by atoms with Crippen LogP contribution in [0, 0.1) is 0 Å². The summed E-state index contributed by atoms with van der Waals surface area (Å²) in [7, 11) is 0. The molecule has 0 saturated heterocycles. The van der Waals surface area contributed by atoms with Crippen LogP contribution in [0.1, 0.15) is 25.0 Å². The van der Waals surface area contributed by atoms with Crippen molar-refractivity contribution in [2.75, 3.05) is 0 Å². The molecule has 0 unspecified atom stereocenters. The van der Waals surface area contributed by atoms with Crippen LogP contribution in [-0.2, 0) is 12.8 Å². The molecule has 5 aromatic carbocycles. The standard InChI is InChI=1S/C39H31N3/c1-3-26-21-27(4-2)23-29(22-26)41-35-18-10-8-15-30(35)32-25-38-33(24-37(32)41)31-16-9-11-19-36(31)42(38)39-20-12-17-34(40-39)28-13-6-5-7-14-28/h5-25H,3-4H2,1-2H3. The molecule has 0 bridgehead atoms. The van der Waals surface area contributed by atoms with Crippen LogP contribution in [0.2, 0.25) is 0 Å². The number of para-hydroxylation sites is 2. The van der Waals surface area contributed by atoms with Gasteiger partial charge in [-0.2, -0.15) is 0 Å². The number of aromatic nitrogens is 3. The normalized spacial score (nSPS) is 11.8. The highest BCUT2D eigenvalue weighted by molar-refractivity contribution is 6.18. The van der Waals surface area contributed by atoms with Gasteiger partial charge in [0.25, 0.3) is 0 Å². The molecular weight excluding hydrogens is 510 g/mol. The summed E-state index contributed by atoms with van der Waals surface area (Å²) < 4.78 is 4.79. The van der Waals surface area contributed by atoms with Crippen molar-refractivity contribution in [1.82, 2.24) is 14.1 Å². The summed E-state index contributed by atoms with van der Waals surface area (Å²) >= 11 is 0. The van der Waals surface area contributed by atoms with Crippen molar-refractivity contribution in [3.8, 4) is 22.8 Å². The first kappa shape index (κ1) is 24.6. The summed E-state index contributed by atoms with van der Waals surface area (Å²) in [5, 5.41) is 4.98. The number of nitrogens with zero attached hydrogens (tertiary/aromatic N) is 3. The number of rotatable bonds is 5. The molecule has 0 atom stereocenters. The highest BCUT2D eigenvalue weighted by atomic mass is 15.1. The van der Waals surface area contributed by atoms with Gasteiger partial charge in [0.05, 0.1) is 27.8 Å². The van der Waals surface area contributed by atoms with Gasteiger partial charge in [0.2, 0.25) is 0 Å². The van der Waals surface area contributed by atoms with Crippen molar-refractivity contribution in [3.05, 3.63) is 139 Å². The van der Waals surface area contributed by atoms with E-state index in [1.807, 2.05) is 6.07 Å². The van der Waals surface area contributed by atoms with E-state index in [1.54, 1.807) is 0 Å². The Morgan fingerprint density at radius 2 is 1.05 bits per heavy atom. The molecule has 0 fully saturated rings. The van der Waals surface area contributed by atoms with Crippen LogP contribution >= 0.6 is 0 Å². The second-order valence-corrected chi connectivity index (χ2v) is 11.1. The minimum atomic E-state index is 0.925. The first-order chi connectivity index (χ1) is 20.7. The fraction of sp³-hybridized carbons (Fsp3) is 0.103. The van der Waals surface area contributed by atoms with Gasteiger partial charge in [-0.15, -0.1) is 0 Å². The smallest absolute Gasteiger partial charge is 0.138 e. The van der Waals surface area contributed by atoms with Gasteiger partial charge >= 0.3 is 0 Å². The maximum Gasteiger partial charge on any atom is 0.138 e. The molecule has 0 radical (unpaired) electrons. The largest absolute Gasteiger partial charge is 0.309 e. The number of hydrogen-bond donors (Lipinski definition) is 0.